The number of hydrogen-bond acceptors (Lipinski definition) is 5. The van der Waals surface area contributed by atoms with E-state index in [0.29, 0.717) is 12.8 Å². The zero-order valence-electron chi connectivity index (χ0n) is 11.1. The normalized spacial score (nSPS) is 15.4. The molecule has 1 heterocycles. The van der Waals surface area contributed by atoms with Gasteiger partial charge in [-0.05, 0) is 41.0 Å². The van der Waals surface area contributed by atoms with Crippen molar-refractivity contribution in [2.75, 3.05) is 0 Å². The first-order valence-electron chi connectivity index (χ1n) is 6.46. The average Bonchev–Trinajstić information content (AvgIpc) is 3.03. The maximum atomic E-state index is 11.9. The molecule has 0 aliphatic heterocycles. The van der Waals surface area contributed by atoms with Crippen LogP contribution in [0.3, 0.4) is 0 Å². The molecule has 1 aromatic carbocycles. The highest BCUT2D eigenvalue weighted by atomic mass is 16.4. The van der Waals surface area contributed by atoms with Gasteiger partial charge in [0, 0.05) is 0 Å². The molecule has 108 valence electrons. The van der Waals surface area contributed by atoms with Crippen LogP contribution in [-0.4, -0.2) is 42.7 Å². The molecule has 0 spiro atoms. The fourth-order valence-electron chi connectivity index (χ4n) is 2.06. The summed E-state index contributed by atoms with van der Waals surface area (Å²) in [5.74, 6) is -1.25. The molecule has 0 radical (unpaired) electrons. The molecule has 2 N–H and O–H groups in total. The number of aliphatic carboxylic acids is 1. The molecule has 0 unspecified atom stereocenters. The van der Waals surface area contributed by atoms with Crippen LogP contribution in [0.15, 0.2) is 30.6 Å². The number of benzene rings is 1. The van der Waals surface area contributed by atoms with Gasteiger partial charge in [0.1, 0.15) is 11.9 Å². The maximum Gasteiger partial charge on any atom is 0.329 e. The predicted molar refractivity (Wildman–Crippen MR) is 70.6 cm³/mol. The lowest BCUT2D eigenvalue weighted by Gasteiger charge is -2.12. The van der Waals surface area contributed by atoms with Gasteiger partial charge < -0.3 is 10.4 Å². The van der Waals surface area contributed by atoms with Crippen LogP contribution in [0.5, 0.6) is 0 Å². The van der Waals surface area contributed by atoms with Crippen LogP contribution in [0.25, 0.3) is 5.69 Å². The van der Waals surface area contributed by atoms with Crippen LogP contribution in [0.4, 0.5) is 0 Å². The summed E-state index contributed by atoms with van der Waals surface area (Å²) in [6.45, 7) is 0. The number of hydrogen-bond donors (Lipinski definition) is 2. The van der Waals surface area contributed by atoms with Gasteiger partial charge in [-0.15, -0.1) is 5.10 Å². The zero-order valence-corrected chi connectivity index (χ0v) is 11.1. The lowest BCUT2D eigenvalue weighted by atomic mass is 10.1. The van der Waals surface area contributed by atoms with Crippen LogP contribution in [0.1, 0.15) is 18.4 Å². The highest BCUT2D eigenvalue weighted by Gasteiger charge is 2.51. The van der Waals surface area contributed by atoms with Gasteiger partial charge >= 0.3 is 5.97 Å². The number of amides is 1. The van der Waals surface area contributed by atoms with E-state index in [2.05, 4.69) is 20.8 Å². The monoisotopic (exact) mass is 287 g/mol. The number of nitrogens with zero attached hydrogens (tertiary/aromatic N) is 4. The van der Waals surface area contributed by atoms with Crippen molar-refractivity contribution in [2.24, 2.45) is 0 Å². The Bertz CT molecular complexity index is 662. The molecule has 0 saturated heterocycles. The van der Waals surface area contributed by atoms with Gasteiger partial charge in [0.05, 0.1) is 12.1 Å². The Morgan fingerprint density at radius 3 is 2.52 bits per heavy atom. The second-order valence-corrected chi connectivity index (χ2v) is 5.03. The number of carboxylic acid groups (broad SMARTS) is 1. The second kappa shape index (κ2) is 4.97. The molecule has 8 heteroatoms. The molecule has 3 rings (SSSR count). The summed E-state index contributed by atoms with van der Waals surface area (Å²) in [7, 11) is 0. The minimum Gasteiger partial charge on any atom is -0.480 e. The minimum atomic E-state index is -1.04. The fraction of sp³-hybridized carbons (Fsp3) is 0.308. The van der Waals surface area contributed by atoms with E-state index in [9.17, 15) is 9.59 Å². The molecular weight excluding hydrogens is 274 g/mol. The number of nitrogens with one attached hydrogen (secondary N) is 1. The smallest absolute Gasteiger partial charge is 0.329 e. The molecule has 1 fully saturated rings. The number of tetrazole rings is 1. The number of aromatic nitrogens is 4. The molecular formula is C13H13N5O3. The van der Waals surface area contributed by atoms with Crippen molar-refractivity contribution in [3.8, 4) is 5.69 Å². The molecule has 0 atom stereocenters. The van der Waals surface area contributed by atoms with Gasteiger partial charge in [0.2, 0.25) is 5.91 Å². The summed E-state index contributed by atoms with van der Waals surface area (Å²) >= 11 is 0. The summed E-state index contributed by atoms with van der Waals surface area (Å²) in [6.07, 6.45) is 2.61. The van der Waals surface area contributed by atoms with Crippen LogP contribution in [0, 0.1) is 0 Å². The maximum absolute atomic E-state index is 11.9. The van der Waals surface area contributed by atoms with Crippen molar-refractivity contribution >= 4 is 11.9 Å². The molecule has 0 bridgehead atoms. The number of rotatable bonds is 5. The lowest BCUT2D eigenvalue weighted by Crippen LogP contribution is -2.43. The SMILES string of the molecule is O=C(Cc1ccc(-n2cnnn2)cc1)NC1(C(=O)O)CC1. The Morgan fingerprint density at radius 2 is 2.00 bits per heavy atom. The molecule has 2 aromatic rings. The predicted octanol–water partition coefficient (Wildman–Crippen LogP) is -0.0618. The first-order valence-corrected chi connectivity index (χ1v) is 6.46. The fourth-order valence-corrected chi connectivity index (χ4v) is 2.06. The third kappa shape index (κ3) is 2.73. The van der Waals surface area contributed by atoms with Crippen molar-refractivity contribution < 1.29 is 14.7 Å². The number of carboxylic acids is 1. The first-order chi connectivity index (χ1) is 10.1. The van der Waals surface area contributed by atoms with Crippen LogP contribution in [0.2, 0.25) is 0 Å². The minimum absolute atomic E-state index is 0.144. The third-order valence-electron chi connectivity index (χ3n) is 3.45. The van der Waals surface area contributed by atoms with E-state index >= 15 is 0 Å². The Hall–Kier alpha value is -2.77. The summed E-state index contributed by atoms with van der Waals surface area (Å²) in [4.78, 5) is 22.9. The van der Waals surface area contributed by atoms with E-state index in [0.717, 1.165) is 11.3 Å². The van der Waals surface area contributed by atoms with E-state index in [-0.39, 0.29) is 12.3 Å². The van der Waals surface area contributed by atoms with Gasteiger partial charge in [-0.3, -0.25) is 4.79 Å². The summed E-state index contributed by atoms with van der Waals surface area (Å²) in [5, 5.41) is 22.5. The van der Waals surface area contributed by atoms with E-state index in [1.54, 1.807) is 24.3 Å². The van der Waals surface area contributed by atoms with Gasteiger partial charge in [-0.1, -0.05) is 12.1 Å². The Kier molecular flexibility index (Phi) is 3.13. The largest absolute Gasteiger partial charge is 0.480 e. The Morgan fingerprint density at radius 1 is 1.29 bits per heavy atom. The number of carbonyl (C=O) groups is 2. The molecule has 21 heavy (non-hydrogen) atoms. The summed E-state index contributed by atoms with van der Waals surface area (Å²) in [5.41, 5.74) is 0.544. The highest BCUT2D eigenvalue weighted by molar-refractivity contribution is 5.90. The molecule has 1 aromatic heterocycles. The van der Waals surface area contributed by atoms with Crippen LogP contribution < -0.4 is 5.32 Å². The molecule has 1 aliphatic rings. The standard InChI is InChI=1S/C13H13N5O3/c19-11(15-13(5-6-13)12(20)21)7-9-1-3-10(4-2-9)18-8-14-16-17-18/h1-4,8H,5-7H2,(H,15,19)(H,20,21). The van der Waals surface area contributed by atoms with Crippen LogP contribution >= 0.6 is 0 Å². The Labute approximate surface area is 119 Å². The first kappa shape index (κ1) is 13.2. The second-order valence-electron chi connectivity index (χ2n) is 5.03. The van der Waals surface area contributed by atoms with Crippen molar-refractivity contribution in [2.45, 2.75) is 24.8 Å². The van der Waals surface area contributed by atoms with E-state index in [1.165, 1.54) is 11.0 Å². The molecule has 1 saturated carbocycles. The van der Waals surface area contributed by atoms with Gasteiger partial charge in [-0.2, -0.15) is 0 Å². The zero-order chi connectivity index (χ0) is 14.9. The third-order valence-corrected chi connectivity index (χ3v) is 3.45. The molecule has 1 amide bonds. The average molecular weight is 287 g/mol. The molecule has 8 nitrogen and oxygen atoms in total. The van der Waals surface area contributed by atoms with Crippen LogP contribution in [-0.2, 0) is 16.0 Å². The van der Waals surface area contributed by atoms with Crippen molar-refractivity contribution in [3.63, 3.8) is 0 Å². The summed E-state index contributed by atoms with van der Waals surface area (Å²) < 4.78 is 1.51. The topological polar surface area (TPSA) is 110 Å². The highest BCUT2D eigenvalue weighted by Crippen LogP contribution is 2.35. The van der Waals surface area contributed by atoms with Crippen molar-refractivity contribution in [3.05, 3.63) is 36.2 Å². The van der Waals surface area contributed by atoms with Gasteiger partial charge in [0.15, 0.2) is 0 Å². The van der Waals surface area contributed by atoms with Gasteiger partial charge in [-0.25, -0.2) is 9.48 Å². The quantitative estimate of drug-likeness (QED) is 0.797. The number of carbonyl (C=O) groups excluding carboxylic acids is 1. The summed E-state index contributed by atoms with van der Waals surface area (Å²) in [6, 6.07) is 7.17. The van der Waals surface area contributed by atoms with E-state index in [1.807, 2.05) is 0 Å². The Balaban J connectivity index is 1.63. The van der Waals surface area contributed by atoms with E-state index in [4.69, 9.17) is 5.11 Å². The van der Waals surface area contributed by atoms with Crippen molar-refractivity contribution in [1.82, 2.24) is 25.5 Å². The van der Waals surface area contributed by atoms with Crippen molar-refractivity contribution in [1.29, 1.82) is 0 Å². The van der Waals surface area contributed by atoms with Gasteiger partial charge in [0.25, 0.3) is 0 Å². The molecule has 1 aliphatic carbocycles. The van der Waals surface area contributed by atoms with E-state index < -0.39 is 11.5 Å². The lowest BCUT2D eigenvalue weighted by molar-refractivity contribution is -0.143.